The van der Waals surface area contributed by atoms with E-state index in [1.54, 1.807) is 21.8 Å². The first-order valence-corrected chi connectivity index (χ1v) is 10.1. The minimum atomic E-state index is -1.07. The number of nitrogens with zero attached hydrogens (tertiary/aromatic N) is 4. The molecule has 156 valence electrons. The van der Waals surface area contributed by atoms with Gasteiger partial charge in [-0.25, -0.2) is 14.5 Å². The lowest BCUT2D eigenvalue weighted by Gasteiger charge is -2.37. The Balaban J connectivity index is 1.50. The lowest BCUT2D eigenvalue weighted by molar-refractivity contribution is -0.125. The SMILES string of the molecule is O=C1NC(=O)C2(CCCN(C(=O)c3cc(-c4ccccc4)n(-c4ccccn4)n3)C2)N1. The standard InChI is InChI=1S/C22H20N6O3/c29-19(27-12-6-10-22(14-27)20(30)24-21(31)25-22)16-13-17(15-7-2-1-3-8-15)28(26-16)18-9-4-5-11-23-18/h1-5,7-9,11,13H,6,10,12,14H2,(H2,24,25,30,31). The Hall–Kier alpha value is -4.01. The number of pyridine rings is 1. The van der Waals surface area contributed by atoms with E-state index in [0.717, 1.165) is 11.3 Å². The molecule has 0 saturated carbocycles. The van der Waals surface area contributed by atoms with Crippen LogP contribution in [0.2, 0.25) is 0 Å². The zero-order valence-corrected chi connectivity index (χ0v) is 16.6. The van der Waals surface area contributed by atoms with Crippen LogP contribution in [0, 0.1) is 0 Å². The average molecular weight is 416 g/mol. The molecule has 0 aliphatic carbocycles. The van der Waals surface area contributed by atoms with Gasteiger partial charge in [0.05, 0.1) is 12.2 Å². The van der Waals surface area contributed by atoms with Gasteiger partial charge in [-0.1, -0.05) is 36.4 Å². The maximum Gasteiger partial charge on any atom is 0.322 e. The fourth-order valence-electron chi connectivity index (χ4n) is 4.16. The van der Waals surface area contributed by atoms with Crippen LogP contribution in [-0.4, -0.2) is 56.1 Å². The molecule has 3 aromatic rings. The summed E-state index contributed by atoms with van der Waals surface area (Å²) >= 11 is 0. The molecule has 9 heteroatoms. The zero-order chi connectivity index (χ0) is 21.4. The number of urea groups is 1. The van der Waals surface area contributed by atoms with Gasteiger partial charge in [0.1, 0.15) is 5.54 Å². The van der Waals surface area contributed by atoms with Crippen LogP contribution in [0.4, 0.5) is 4.79 Å². The predicted octanol–water partition coefficient (Wildman–Crippen LogP) is 1.75. The normalized spacial score (nSPS) is 20.6. The van der Waals surface area contributed by atoms with Crippen molar-refractivity contribution in [3.63, 3.8) is 0 Å². The number of aromatic nitrogens is 3. The van der Waals surface area contributed by atoms with Crippen molar-refractivity contribution >= 4 is 17.8 Å². The van der Waals surface area contributed by atoms with Crippen LogP contribution < -0.4 is 10.6 Å². The Bertz CT molecular complexity index is 1100. The van der Waals surface area contributed by atoms with Crippen molar-refractivity contribution in [2.75, 3.05) is 13.1 Å². The maximum atomic E-state index is 13.3. The summed E-state index contributed by atoms with van der Waals surface area (Å²) in [7, 11) is 0. The molecule has 2 saturated heterocycles. The number of likely N-dealkylation sites (tertiary alicyclic amines) is 1. The number of rotatable bonds is 3. The first kappa shape index (κ1) is 19.0. The summed E-state index contributed by atoms with van der Waals surface area (Å²) in [6.07, 6.45) is 2.76. The largest absolute Gasteiger partial charge is 0.334 e. The molecule has 0 bridgehead atoms. The monoisotopic (exact) mass is 416 g/mol. The van der Waals surface area contributed by atoms with E-state index in [1.807, 2.05) is 48.5 Å². The van der Waals surface area contributed by atoms with Crippen LogP contribution in [0.15, 0.2) is 60.8 Å². The van der Waals surface area contributed by atoms with Gasteiger partial charge >= 0.3 is 6.03 Å². The summed E-state index contributed by atoms with van der Waals surface area (Å²) in [5.74, 6) is -0.0863. The highest BCUT2D eigenvalue weighted by Crippen LogP contribution is 2.27. The van der Waals surface area contributed by atoms with Crippen LogP contribution in [0.3, 0.4) is 0 Å². The van der Waals surface area contributed by atoms with E-state index in [1.165, 1.54) is 0 Å². The van der Waals surface area contributed by atoms with E-state index in [4.69, 9.17) is 0 Å². The Morgan fingerprint density at radius 2 is 1.87 bits per heavy atom. The number of carbonyl (C=O) groups is 3. The number of hydrogen-bond donors (Lipinski definition) is 2. The van der Waals surface area contributed by atoms with E-state index >= 15 is 0 Å². The van der Waals surface area contributed by atoms with Gasteiger partial charge in [0.15, 0.2) is 11.5 Å². The molecule has 1 unspecified atom stereocenters. The second kappa shape index (κ2) is 7.35. The van der Waals surface area contributed by atoms with Gasteiger partial charge in [-0.2, -0.15) is 5.10 Å². The summed E-state index contributed by atoms with van der Waals surface area (Å²) < 4.78 is 1.65. The number of amides is 4. The average Bonchev–Trinajstić information content (AvgIpc) is 3.36. The van der Waals surface area contributed by atoms with Gasteiger partial charge in [-0.3, -0.25) is 14.9 Å². The van der Waals surface area contributed by atoms with Gasteiger partial charge in [0.2, 0.25) is 0 Å². The third-order valence-corrected chi connectivity index (χ3v) is 5.66. The van der Waals surface area contributed by atoms with Gasteiger partial charge in [-0.05, 0) is 31.0 Å². The number of piperidine rings is 1. The van der Waals surface area contributed by atoms with Crippen LogP contribution in [0.1, 0.15) is 23.3 Å². The number of benzene rings is 1. The quantitative estimate of drug-likeness (QED) is 0.632. The number of imide groups is 1. The number of nitrogens with one attached hydrogen (secondary N) is 2. The van der Waals surface area contributed by atoms with E-state index in [0.29, 0.717) is 25.2 Å². The number of hydrogen-bond acceptors (Lipinski definition) is 5. The molecule has 9 nitrogen and oxygen atoms in total. The smallest absolute Gasteiger partial charge is 0.322 e. The Morgan fingerprint density at radius 1 is 1.06 bits per heavy atom. The second-order valence-electron chi connectivity index (χ2n) is 7.70. The Morgan fingerprint density at radius 3 is 2.58 bits per heavy atom. The summed E-state index contributed by atoms with van der Waals surface area (Å²) in [5, 5.41) is 9.53. The summed E-state index contributed by atoms with van der Waals surface area (Å²) in [6.45, 7) is 0.599. The lowest BCUT2D eigenvalue weighted by Crippen LogP contribution is -2.59. The molecule has 4 amide bonds. The maximum absolute atomic E-state index is 13.3. The van der Waals surface area contributed by atoms with Crippen molar-refractivity contribution in [1.82, 2.24) is 30.3 Å². The molecular weight excluding hydrogens is 396 g/mol. The number of carbonyl (C=O) groups excluding carboxylic acids is 3. The molecule has 1 spiro atoms. The third kappa shape index (κ3) is 3.33. The molecule has 2 N–H and O–H groups in total. The highest BCUT2D eigenvalue weighted by Gasteiger charge is 2.49. The Kier molecular flexibility index (Phi) is 4.50. The van der Waals surface area contributed by atoms with Gasteiger partial charge in [0.25, 0.3) is 11.8 Å². The molecule has 1 atom stereocenters. The summed E-state index contributed by atoms with van der Waals surface area (Å²) in [4.78, 5) is 43.3. The van der Waals surface area contributed by atoms with Crippen LogP contribution in [0.5, 0.6) is 0 Å². The molecule has 2 aromatic heterocycles. The van der Waals surface area contributed by atoms with Crippen molar-refractivity contribution in [1.29, 1.82) is 0 Å². The summed E-state index contributed by atoms with van der Waals surface area (Å²) in [5.41, 5.74) is 0.821. The highest BCUT2D eigenvalue weighted by molar-refractivity contribution is 6.07. The molecule has 5 rings (SSSR count). The zero-order valence-electron chi connectivity index (χ0n) is 16.6. The Labute approximate surface area is 178 Å². The summed E-state index contributed by atoms with van der Waals surface area (Å²) in [6, 6.07) is 16.4. The molecule has 31 heavy (non-hydrogen) atoms. The minimum absolute atomic E-state index is 0.112. The fraction of sp³-hybridized carbons (Fsp3) is 0.227. The van der Waals surface area contributed by atoms with Crippen molar-refractivity contribution in [3.8, 4) is 17.1 Å². The van der Waals surface area contributed by atoms with Gasteiger partial charge in [0, 0.05) is 18.3 Å². The first-order valence-electron chi connectivity index (χ1n) is 10.1. The van der Waals surface area contributed by atoms with Crippen molar-refractivity contribution in [2.24, 2.45) is 0 Å². The molecule has 0 radical (unpaired) electrons. The molecule has 2 aliphatic heterocycles. The fourth-order valence-corrected chi connectivity index (χ4v) is 4.16. The van der Waals surface area contributed by atoms with Gasteiger partial charge in [-0.15, -0.1) is 0 Å². The van der Waals surface area contributed by atoms with Crippen molar-refractivity contribution in [3.05, 3.63) is 66.5 Å². The highest BCUT2D eigenvalue weighted by atomic mass is 16.2. The van der Waals surface area contributed by atoms with Crippen molar-refractivity contribution in [2.45, 2.75) is 18.4 Å². The van der Waals surface area contributed by atoms with Crippen LogP contribution >= 0.6 is 0 Å². The van der Waals surface area contributed by atoms with Crippen LogP contribution in [0.25, 0.3) is 17.1 Å². The van der Waals surface area contributed by atoms with E-state index in [2.05, 4.69) is 20.7 Å². The molecular formula is C22H20N6O3. The first-order chi connectivity index (χ1) is 15.1. The van der Waals surface area contributed by atoms with E-state index in [9.17, 15) is 14.4 Å². The van der Waals surface area contributed by atoms with Crippen molar-refractivity contribution < 1.29 is 14.4 Å². The van der Waals surface area contributed by atoms with Crippen LogP contribution in [-0.2, 0) is 4.79 Å². The predicted molar refractivity (Wildman–Crippen MR) is 111 cm³/mol. The van der Waals surface area contributed by atoms with E-state index < -0.39 is 11.6 Å². The molecule has 4 heterocycles. The second-order valence-corrected chi connectivity index (χ2v) is 7.70. The minimum Gasteiger partial charge on any atom is -0.334 e. The van der Waals surface area contributed by atoms with E-state index in [-0.39, 0.29) is 24.1 Å². The molecule has 2 fully saturated rings. The lowest BCUT2D eigenvalue weighted by atomic mass is 9.89. The third-order valence-electron chi connectivity index (χ3n) is 5.66. The molecule has 1 aromatic carbocycles. The van der Waals surface area contributed by atoms with Gasteiger partial charge < -0.3 is 10.2 Å². The molecule has 2 aliphatic rings. The topological polar surface area (TPSA) is 109 Å².